The van der Waals surface area contributed by atoms with Crippen LogP contribution in [0.1, 0.15) is 71.1 Å². The Morgan fingerprint density at radius 3 is 2.40 bits per heavy atom. The van der Waals surface area contributed by atoms with Gasteiger partial charge in [0.25, 0.3) is 0 Å². The van der Waals surface area contributed by atoms with E-state index in [9.17, 15) is 0 Å². The largest absolute Gasteiger partial charge is 0.375 e. The maximum Gasteiger partial charge on any atom is 0.0697 e. The van der Waals surface area contributed by atoms with Crippen LogP contribution in [0.4, 0.5) is 0 Å². The maximum atomic E-state index is 6.21. The first-order chi connectivity index (χ1) is 9.72. The number of ether oxygens (including phenoxy) is 1. The Hall–Kier alpha value is -0.120. The van der Waals surface area contributed by atoms with E-state index in [2.05, 4.69) is 11.8 Å². The molecule has 1 unspecified atom stereocenters. The number of hydrogen-bond acceptors (Lipinski definition) is 3. The van der Waals surface area contributed by atoms with Crippen LogP contribution in [0, 0.1) is 0 Å². The number of hydrogen-bond donors (Lipinski definition) is 1. The van der Waals surface area contributed by atoms with E-state index in [1.54, 1.807) is 0 Å². The molecule has 0 aromatic heterocycles. The molecule has 1 aliphatic heterocycles. The van der Waals surface area contributed by atoms with Crippen LogP contribution in [0.5, 0.6) is 0 Å². The summed E-state index contributed by atoms with van der Waals surface area (Å²) in [4.78, 5) is 2.80. The second kappa shape index (κ2) is 6.33. The highest BCUT2D eigenvalue weighted by Gasteiger charge is 2.42. The van der Waals surface area contributed by atoms with Crippen molar-refractivity contribution in [2.24, 2.45) is 5.73 Å². The lowest BCUT2D eigenvalue weighted by Gasteiger charge is -2.46. The molecule has 1 atom stereocenters. The van der Waals surface area contributed by atoms with E-state index in [-0.39, 0.29) is 5.60 Å². The second-order valence-corrected chi connectivity index (χ2v) is 7.28. The molecule has 1 spiro atoms. The molecular formula is C17H32N2O. The van der Waals surface area contributed by atoms with Crippen LogP contribution < -0.4 is 5.73 Å². The molecule has 20 heavy (non-hydrogen) atoms. The Morgan fingerprint density at radius 2 is 1.75 bits per heavy atom. The third-order valence-corrected chi connectivity index (χ3v) is 6.03. The summed E-state index contributed by atoms with van der Waals surface area (Å²) in [6.45, 7) is 4.51. The molecule has 2 saturated carbocycles. The highest BCUT2D eigenvalue weighted by Crippen LogP contribution is 2.42. The van der Waals surface area contributed by atoms with Crippen LogP contribution >= 0.6 is 0 Å². The fraction of sp³-hybridized carbons (Fsp3) is 1.00. The third-order valence-electron chi connectivity index (χ3n) is 6.03. The molecule has 2 aliphatic carbocycles. The van der Waals surface area contributed by atoms with Gasteiger partial charge in [0.05, 0.1) is 5.60 Å². The van der Waals surface area contributed by atoms with Crippen molar-refractivity contribution in [1.82, 2.24) is 4.90 Å². The van der Waals surface area contributed by atoms with Gasteiger partial charge in [-0.1, -0.05) is 19.8 Å². The Kier molecular flexibility index (Phi) is 4.68. The minimum atomic E-state index is 0.251. The van der Waals surface area contributed by atoms with Crippen LogP contribution in [-0.2, 0) is 4.74 Å². The van der Waals surface area contributed by atoms with Crippen molar-refractivity contribution in [3.63, 3.8) is 0 Å². The van der Waals surface area contributed by atoms with Crippen molar-refractivity contribution in [2.75, 3.05) is 13.2 Å². The summed E-state index contributed by atoms with van der Waals surface area (Å²) < 4.78 is 6.21. The van der Waals surface area contributed by atoms with Crippen molar-refractivity contribution in [3.8, 4) is 0 Å². The first kappa shape index (κ1) is 14.8. The molecule has 1 saturated heterocycles. The predicted octanol–water partition coefficient (Wildman–Crippen LogP) is 3.07. The van der Waals surface area contributed by atoms with Crippen molar-refractivity contribution in [2.45, 2.75) is 94.9 Å². The predicted molar refractivity (Wildman–Crippen MR) is 82.8 cm³/mol. The first-order valence-corrected chi connectivity index (χ1v) is 8.88. The van der Waals surface area contributed by atoms with Gasteiger partial charge in [-0.15, -0.1) is 0 Å². The van der Waals surface area contributed by atoms with E-state index in [0.717, 1.165) is 18.7 Å². The van der Waals surface area contributed by atoms with Crippen molar-refractivity contribution in [1.29, 1.82) is 0 Å². The van der Waals surface area contributed by atoms with Gasteiger partial charge < -0.3 is 10.5 Å². The highest BCUT2D eigenvalue weighted by molar-refractivity contribution is 4.96. The Labute approximate surface area is 124 Å². The number of rotatable bonds is 3. The van der Waals surface area contributed by atoms with Crippen LogP contribution in [0.15, 0.2) is 0 Å². The molecule has 116 valence electrons. The third kappa shape index (κ3) is 3.05. The van der Waals surface area contributed by atoms with E-state index in [4.69, 9.17) is 10.5 Å². The summed E-state index contributed by atoms with van der Waals surface area (Å²) in [6.07, 6.45) is 12.9. The lowest BCUT2D eigenvalue weighted by molar-refractivity contribution is -0.108. The molecule has 3 heteroatoms. The quantitative estimate of drug-likeness (QED) is 0.863. The number of nitrogens with two attached hydrogens (primary N) is 1. The lowest BCUT2D eigenvalue weighted by atomic mass is 9.85. The zero-order chi connectivity index (χ0) is 14.0. The van der Waals surface area contributed by atoms with Gasteiger partial charge in [0, 0.05) is 24.7 Å². The van der Waals surface area contributed by atoms with Crippen molar-refractivity contribution in [3.05, 3.63) is 0 Å². The minimum absolute atomic E-state index is 0.251. The van der Waals surface area contributed by atoms with Crippen LogP contribution in [0.25, 0.3) is 0 Å². The molecule has 0 amide bonds. The van der Waals surface area contributed by atoms with E-state index >= 15 is 0 Å². The first-order valence-electron chi connectivity index (χ1n) is 8.88. The maximum absolute atomic E-state index is 6.21. The van der Waals surface area contributed by atoms with Gasteiger partial charge in [-0.05, 0) is 57.9 Å². The Bertz CT molecular complexity index is 306. The monoisotopic (exact) mass is 280 g/mol. The fourth-order valence-corrected chi connectivity index (χ4v) is 4.90. The zero-order valence-corrected chi connectivity index (χ0v) is 13.2. The van der Waals surface area contributed by atoms with E-state index in [1.165, 1.54) is 70.8 Å². The van der Waals surface area contributed by atoms with Crippen LogP contribution in [0.2, 0.25) is 0 Å². The topological polar surface area (TPSA) is 38.5 Å². The fourth-order valence-electron chi connectivity index (χ4n) is 4.90. The molecule has 3 aliphatic rings. The minimum Gasteiger partial charge on any atom is -0.375 e. The average molecular weight is 280 g/mol. The summed E-state index contributed by atoms with van der Waals surface area (Å²) in [5, 5.41) is 0. The van der Waals surface area contributed by atoms with Crippen LogP contribution in [0.3, 0.4) is 0 Å². The smallest absolute Gasteiger partial charge is 0.0697 e. The summed E-state index contributed by atoms with van der Waals surface area (Å²) in [6, 6.07) is 1.99. The van der Waals surface area contributed by atoms with E-state index in [1.807, 2.05) is 0 Å². The Morgan fingerprint density at radius 1 is 1.05 bits per heavy atom. The summed E-state index contributed by atoms with van der Waals surface area (Å²) in [7, 11) is 0. The Balaban J connectivity index is 1.63. The normalized spacial score (nSPS) is 37.6. The second-order valence-electron chi connectivity index (χ2n) is 7.28. The standard InChI is InChI=1S/C17H32N2O/c1-2-19(15-7-5-14(18)6-8-15)16-9-12-20-17(13-16)10-3-4-11-17/h14-16H,2-13,18H2,1H3. The van der Waals surface area contributed by atoms with Gasteiger partial charge in [0.15, 0.2) is 0 Å². The number of nitrogens with zero attached hydrogens (tertiary/aromatic N) is 1. The summed E-state index contributed by atoms with van der Waals surface area (Å²) in [5.74, 6) is 0. The van der Waals surface area contributed by atoms with Gasteiger partial charge in [-0.3, -0.25) is 4.90 Å². The summed E-state index contributed by atoms with van der Waals surface area (Å²) >= 11 is 0. The van der Waals surface area contributed by atoms with Crippen molar-refractivity contribution >= 4 is 0 Å². The van der Waals surface area contributed by atoms with Crippen molar-refractivity contribution < 1.29 is 4.74 Å². The molecule has 0 aromatic rings. The molecular weight excluding hydrogens is 248 g/mol. The summed E-state index contributed by atoms with van der Waals surface area (Å²) in [5.41, 5.74) is 6.32. The van der Waals surface area contributed by atoms with Gasteiger partial charge in [0.1, 0.15) is 0 Å². The molecule has 0 bridgehead atoms. The van der Waals surface area contributed by atoms with Gasteiger partial charge in [0.2, 0.25) is 0 Å². The van der Waals surface area contributed by atoms with Gasteiger partial charge in [-0.25, -0.2) is 0 Å². The van der Waals surface area contributed by atoms with E-state index in [0.29, 0.717) is 6.04 Å². The molecule has 0 radical (unpaired) electrons. The molecule has 2 N–H and O–H groups in total. The van der Waals surface area contributed by atoms with E-state index < -0.39 is 0 Å². The molecule has 1 heterocycles. The molecule has 3 nitrogen and oxygen atoms in total. The van der Waals surface area contributed by atoms with Gasteiger partial charge in [-0.2, -0.15) is 0 Å². The molecule has 3 fully saturated rings. The average Bonchev–Trinajstić information content (AvgIpc) is 2.90. The van der Waals surface area contributed by atoms with Gasteiger partial charge >= 0.3 is 0 Å². The zero-order valence-electron chi connectivity index (χ0n) is 13.2. The molecule has 3 rings (SSSR count). The lowest BCUT2D eigenvalue weighted by Crippen LogP contribution is -2.52. The molecule has 0 aromatic carbocycles. The SMILES string of the molecule is CCN(C1CCC(N)CC1)C1CCOC2(CCCC2)C1. The highest BCUT2D eigenvalue weighted by atomic mass is 16.5. The van der Waals surface area contributed by atoms with Crippen LogP contribution in [-0.4, -0.2) is 41.8 Å².